The topological polar surface area (TPSA) is 160 Å². The van der Waals surface area contributed by atoms with Crippen molar-refractivity contribution in [1.82, 2.24) is 19.9 Å². The molecule has 2 aromatic carbocycles. The van der Waals surface area contributed by atoms with Crippen molar-refractivity contribution in [2.45, 2.75) is 49.9 Å². The fraction of sp³-hybridized carbons (Fsp3) is 0.389. The number of nitrogens with two attached hydrogens (primary N) is 2. The molecule has 5 aromatic rings. The molecule has 2 saturated heterocycles. The zero-order valence-corrected chi connectivity index (χ0v) is 29.4. The van der Waals surface area contributed by atoms with Crippen molar-refractivity contribution in [2.24, 2.45) is 0 Å². The molecule has 270 valence electrons. The molecule has 0 bridgehead atoms. The normalized spacial score (nSPS) is 20.5. The van der Waals surface area contributed by atoms with Crippen LogP contribution >= 0.6 is 22.9 Å². The minimum atomic E-state index is -0.988. The Bertz CT molecular complexity index is 2270. The minimum Gasteiger partial charge on any atom is -0.489 e. The van der Waals surface area contributed by atoms with E-state index in [0.29, 0.717) is 31.4 Å². The van der Waals surface area contributed by atoms with Crippen molar-refractivity contribution in [3.05, 3.63) is 58.2 Å². The van der Waals surface area contributed by atoms with Gasteiger partial charge >= 0.3 is 6.01 Å². The van der Waals surface area contributed by atoms with Crippen LogP contribution in [0.2, 0.25) is 5.02 Å². The lowest BCUT2D eigenvalue weighted by molar-refractivity contribution is 0.107. The lowest BCUT2D eigenvalue weighted by atomic mass is 9.95. The number of rotatable bonds is 9. The molecule has 0 radical (unpaired) electrons. The number of ether oxygens (including phenoxy) is 2. The lowest BCUT2D eigenvalue weighted by Gasteiger charge is -2.33. The van der Waals surface area contributed by atoms with Crippen molar-refractivity contribution >= 4 is 60.6 Å². The Morgan fingerprint density at radius 1 is 1.21 bits per heavy atom. The number of thiophene rings is 1. The number of halogens is 4. The average Bonchev–Trinajstić information content (AvgIpc) is 3.73. The summed E-state index contributed by atoms with van der Waals surface area (Å²) in [5.74, 6) is -0.868. The van der Waals surface area contributed by atoms with E-state index in [-0.39, 0.29) is 97.5 Å². The first-order valence-electron chi connectivity index (χ1n) is 17.0. The summed E-state index contributed by atoms with van der Waals surface area (Å²) < 4.78 is 59.9. The molecule has 2 fully saturated rings. The summed E-state index contributed by atoms with van der Waals surface area (Å²) in [4.78, 5) is 17.8. The van der Waals surface area contributed by atoms with E-state index in [0.717, 1.165) is 30.7 Å². The van der Waals surface area contributed by atoms with Crippen LogP contribution in [0.15, 0.2) is 30.5 Å². The van der Waals surface area contributed by atoms with Crippen molar-refractivity contribution in [3.63, 3.8) is 0 Å². The van der Waals surface area contributed by atoms with Crippen molar-refractivity contribution in [2.75, 3.05) is 55.8 Å². The van der Waals surface area contributed by atoms with Gasteiger partial charge in [-0.3, -0.25) is 4.90 Å². The van der Waals surface area contributed by atoms with Crippen LogP contribution < -0.4 is 25.8 Å². The van der Waals surface area contributed by atoms with Crippen LogP contribution in [0.25, 0.3) is 32.1 Å². The second-order valence-electron chi connectivity index (χ2n) is 13.4. The molecule has 3 aliphatic heterocycles. The van der Waals surface area contributed by atoms with E-state index in [1.807, 2.05) is 17.0 Å². The van der Waals surface area contributed by atoms with Crippen molar-refractivity contribution < 1.29 is 27.8 Å². The fourth-order valence-electron chi connectivity index (χ4n) is 8.17. The number of nitrogens with zero attached hydrogens (tertiary/aromatic N) is 6. The van der Waals surface area contributed by atoms with Crippen LogP contribution in [0.5, 0.6) is 11.8 Å². The summed E-state index contributed by atoms with van der Waals surface area (Å²) in [6, 6.07) is 7.52. The molecule has 0 spiro atoms. The third-order valence-electron chi connectivity index (χ3n) is 10.5. The van der Waals surface area contributed by atoms with Gasteiger partial charge in [-0.2, -0.15) is 15.2 Å². The van der Waals surface area contributed by atoms with E-state index in [2.05, 4.69) is 14.9 Å². The van der Waals surface area contributed by atoms with Gasteiger partial charge in [-0.05, 0) is 49.9 Å². The molecule has 8 rings (SSSR count). The summed E-state index contributed by atoms with van der Waals surface area (Å²) >= 11 is 7.97. The predicted octanol–water partition coefficient (Wildman–Crippen LogP) is 6.54. The number of aliphatic hydroxyl groups excluding tert-OH is 1. The van der Waals surface area contributed by atoms with Crippen molar-refractivity contribution in [3.8, 4) is 29.0 Å². The number of hydrogen-bond acceptors (Lipinski definition) is 12. The predicted molar refractivity (Wildman–Crippen MR) is 194 cm³/mol. The van der Waals surface area contributed by atoms with Crippen LogP contribution in [-0.2, 0) is 0 Å². The van der Waals surface area contributed by atoms with E-state index in [1.54, 1.807) is 12.3 Å². The molecule has 5 N–H and O–H groups in total. The molecule has 3 atom stereocenters. The molecular formula is C36H34ClF3N8O3S. The Labute approximate surface area is 305 Å². The molecule has 52 heavy (non-hydrogen) atoms. The number of anilines is 3. The zero-order chi connectivity index (χ0) is 36.3. The summed E-state index contributed by atoms with van der Waals surface area (Å²) in [5.41, 5.74) is 12.4. The van der Waals surface area contributed by atoms with Gasteiger partial charge in [-0.1, -0.05) is 23.7 Å². The highest BCUT2D eigenvalue weighted by Crippen LogP contribution is 2.52. The quantitative estimate of drug-likeness (QED) is 0.150. The Balaban J connectivity index is 1.37. The lowest BCUT2D eigenvalue weighted by Crippen LogP contribution is -2.43. The second kappa shape index (κ2) is 13.4. The van der Waals surface area contributed by atoms with Gasteiger partial charge in [0.05, 0.1) is 38.8 Å². The van der Waals surface area contributed by atoms with Gasteiger partial charge in [-0.25, -0.2) is 18.2 Å². The summed E-state index contributed by atoms with van der Waals surface area (Å²) in [7, 11) is 0. The SMILES string of the molecule is N#Cc1c(N)sc2c(F)ccc(-c3c(Cl)c4c5c(nc(OC[C@@]67CCCN6C[C@H](F)C7)nc5c3F)N(C(CCCO)c3cccnc3N)CCO4)c12. The van der Waals surface area contributed by atoms with Crippen LogP contribution in [-0.4, -0.2) is 76.1 Å². The van der Waals surface area contributed by atoms with E-state index < -0.39 is 29.4 Å². The number of aromatic nitrogens is 3. The number of hydrogen-bond donors (Lipinski definition) is 3. The largest absolute Gasteiger partial charge is 0.489 e. The molecule has 11 nitrogen and oxygen atoms in total. The Morgan fingerprint density at radius 2 is 2.06 bits per heavy atom. The monoisotopic (exact) mass is 750 g/mol. The second-order valence-corrected chi connectivity index (χ2v) is 14.8. The van der Waals surface area contributed by atoms with Crippen LogP contribution in [0, 0.1) is 23.0 Å². The van der Waals surface area contributed by atoms with Gasteiger partial charge in [0.15, 0.2) is 11.6 Å². The van der Waals surface area contributed by atoms with Crippen LogP contribution in [0.4, 0.5) is 29.8 Å². The molecule has 16 heteroatoms. The molecule has 0 saturated carbocycles. The number of aliphatic hydroxyl groups is 1. The van der Waals surface area contributed by atoms with Crippen molar-refractivity contribution in [1.29, 1.82) is 5.26 Å². The average molecular weight is 751 g/mol. The number of nitrogen functional groups attached to an aromatic ring is 2. The highest BCUT2D eigenvalue weighted by atomic mass is 35.5. The minimum absolute atomic E-state index is 0.000637. The molecule has 3 aromatic heterocycles. The van der Waals surface area contributed by atoms with Gasteiger partial charge in [0, 0.05) is 42.3 Å². The molecule has 6 heterocycles. The summed E-state index contributed by atoms with van der Waals surface area (Å²) in [5, 5.41) is 20.1. The van der Waals surface area contributed by atoms with E-state index >= 15 is 8.78 Å². The van der Waals surface area contributed by atoms with E-state index in [1.165, 1.54) is 12.1 Å². The van der Waals surface area contributed by atoms with Crippen LogP contribution in [0.3, 0.4) is 0 Å². The first-order chi connectivity index (χ1) is 25.2. The zero-order valence-electron chi connectivity index (χ0n) is 27.8. The Kier molecular flexibility index (Phi) is 8.89. The number of pyridine rings is 1. The number of benzene rings is 2. The van der Waals surface area contributed by atoms with Gasteiger partial charge in [-0.15, -0.1) is 11.3 Å². The molecule has 3 aliphatic rings. The Hall–Kier alpha value is -4.62. The van der Waals surface area contributed by atoms with E-state index in [9.17, 15) is 14.8 Å². The molecule has 0 aliphatic carbocycles. The Morgan fingerprint density at radius 3 is 2.85 bits per heavy atom. The molecule has 0 amide bonds. The van der Waals surface area contributed by atoms with Gasteiger partial charge in [0.1, 0.15) is 53.4 Å². The van der Waals surface area contributed by atoms with Gasteiger partial charge < -0.3 is 30.9 Å². The summed E-state index contributed by atoms with van der Waals surface area (Å²) in [6.07, 6.45) is 3.37. The third kappa shape index (κ3) is 5.51. The third-order valence-corrected chi connectivity index (χ3v) is 11.9. The van der Waals surface area contributed by atoms with E-state index in [4.69, 9.17) is 37.5 Å². The number of fused-ring (bicyclic) bond motifs is 2. The number of alkyl halides is 1. The summed E-state index contributed by atoms with van der Waals surface area (Å²) in [6.45, 7) is 1.38. The molecular weight excluding hydrogens is 717 g/mol. The highest BCUT2D eigenvalue weighted by Gasteiger charge is 2.49. The first kappa shape index (κ1) is 34.5. The van der Waals surface area contributed by atoms with Gasteiger partial charge in [0.2, 0.25) is 0 Å². The van der Waals surface area contributed by atoms with Gasteiger partial charge in [0.25, 0.3) is 0 Å². The smallest absolute Gasteiger partial charge is 0.319 e. The highest BCUT2D eigenvalue weighted by molar-refractivity contribution is 7.23. The maximum atomic E-state index is 17.4. The maximum Gasteiger partial charge on any atom is 0.319 e. The fourth-order valence-corrected chi connectivity index (χ4v) is 9.45. The maximum absolute atomic E-state index is 17.4. The van der Waals surface area contributed by atoms with Crippen LogP contribution in [0.1, 0.15) is 49.3 Å². The first-order valence-corrected chi connectivity index (χ1v) is 18.2. The molecule has 1 unspecified atom stereocenters. The number of nitriles is 1. The standard InChI is InChI=1S/C36H34ClF3N8O3S/c37-27-25(20-6-7-22(39)31-24(20)21(15-41)33(43)52-31)28(40)29-26-30(27)50-13-11-48(23(5-2-12-49)19-4-1-9-44-32(19)42)34(26)46-35(45-29)51-17-36-8-3-10-47(36)16-18(38)14-36/h1,4,6-7,9,18,23,49H,2-3,5,8,10-14,16-17,43H2,(H2,42,44)/t18-,23?,36+/m1/s1.